The quantitative estimate of drug-likeness (QED) is 0.859. The summed E-state index contributed by atoms with van der Waals surface area (Å²) >= 11 is 0. The van der Waals surface area contributed by atoms with Crippen LogP contribution in [-0.2, 0) is 6.54 Å². The van der Waals surface area contributed by atoms with Gasteiger partial charge in [0.2, 0.25) is 0 Å². The number of halogens is 1. The Balaban J connectivity index is 2.44. The van der Waals surface area contributed by atoms with Crippen molar-refractivity contribution in [3.63, 3.8) is 0 Å². The van der Waals surface area contributed by atoms with E-state index in [1.54, 1.807) is 6.07 Å². The van der Waals surface area contributed by atoms with Gasteiger partial charge < -0.3 is 10.4 Å². The Kier molecular flexibility index (Phi) is 5.46. The molecule has 1 atom stereocenters. The van der Waals surface area contributed by atoms with Gasteiger partial charge in [0.15, 0.2) is 0 Å². The summed E-state index contributed by atoms with van der Waals surface area (Å²) in [6.07, 6.45) is 0.309. The fraction of sp³-hybridized carbons (Fsp3) is 0.533. The lowest BCUT2D eigenvalue weighted by Gasteiger charge is -2.22. The van der Waals surface area contributed by atoms with Gasteiger partial charge in [-0.2, -0.15) is 5.26 Å². The second kappa shape index (κ2) is 6.65. The van der Waals surface area contributed by atoms with Gasteiger partial charge in [0, 0.05) is 13.1 Å². The van der Waals surface area contributed by atoms with Crippen LogP contribution in [0.1, 0.15) is 38.3 Å². The van der Waals surface area contributed by atoms with E-state index in [2.05, 4.69) is 26.1 Å². The maximum Gasteiger partial charge on any atom is 0.140 e. The molecule has 19 heavy (non-hydrogen) atoms. The second-order valence-electron chi connectivity index (χ2n) is 5.98. The zero-order valence-electron chi connectivity index (χ0n) is 11.7. The molecule has 1 aromatic carbocycles. The molecule has 2 N–H and O–H groups in total. The molecule has 4 heteroatoms. The van der Waals surface area contributed by atoms with E-state index < -0.39 is 11.9 Å². The smallest absolute Gasteiger partial charge is 0.140 e. The number of hydrogen-bond donors (Lipinski definition) is 2. The summed E-state index contributed by atoms with van der Waals surface area (Å²) in [5.74, 6) is -0.501. The lowest BCUT2D eigenvalue weighted by atomic mass is 9.89. The highest BCUT2D eigenvalue weighted by Crippen LogP contribution is 2.20. The third-order valence-electron chi connectivity index (χ3n) is 2.71. The fourth-order valence-electron chi connectivity index (χ4n) is 1.93. The summed E-state index contributed by atoms with van der Waals surface area (Å²) in [6.45, 7) is 7.23. The van der Waals surface area contributed by atoms with Gasteiger partial charge in [-0.1, -0.05) is 26.8 Å². The van der Waals surface area contributed by atoms with Crippen LogP contribution >= 0.6 is 0 Å². The van der Waals surface area contributed by atoms with Crippen molar-refractivity contribution in [2.24, 2.45) is 5.41 Å². The maximum absolute atomic E-state index is 13.1. The summed E-state index contributed by atoms with van der Waals surface area (Å²) in [6, 6.07) is 6.27. The van der Waals surface area contributed by atoms with Crippen molar-refractivity contribution in [3.8, 4) is 6.07 Å². The van der Waals surface area contributed by atoms with Gasteiger partial charge in [0.05, 0.1) is 11.7 Å². The Morgan fingerprint density at radius 3 is 2.68 bits per heavy atom. The summed E-state index contributed by atoms with van der Waals surface area (Å²) in [5, 5.41) is 21.7. The minimum atomic E-state index is -0.501. The molecule has 0 bridgehead atoms. The second-order valence-corrected chi connectivity index (χ2v) is 5.98. The third-order valence-corrected chi connectivity index (χ3v) is 2.71. The van der Waals surface area contributed by atoms with Gasteiger partial charge in [0.25, 0.3) is 0 Å². The summed E-state index contributed by atoms with van der Waals surface area (Å²) in [5.41, 5.74) is 0.973. The van der Waals surface area contributed by atoms with Gasteiger partial charge in [0.1, 0.15) is 11.9 Å². The molecule has 0 fully saturated rings. The zero-order chi connectivity index (χ0) is 14.5. The number of aliphatic hydroxyl groups is 1. The summed E-state index contributed by atoms with van der Waals surface area (Å²) in [7, 11) is 0. The third kappa shape index (κ3) is 5.82. The van der Waals surface area contributed by atoms with Crippen molar-refractivity contribution in [1.82, 2.24) is 5.32 Å². The molecule has 0 amide bonds. The van der Waals surface area contributed by atoms with Gasteiger partial charge in [-0.05, 0) is 29.5 Å². The van der Waals surface area contributed by atoms with Crippen molar-refractivity contribution in [2.45, 2.75) is 39.8 Å². The van der Waals surface area contributed by atoms with Crippen LogP contribution in [0.3, 0.4) is 0 Å². The van der Waals surface area contributed by atoms with Crippen molar-refractivity contribution < 1.29 is 9.50 Å². The van der Waals surface area contributed by atoms with Crippen LogP contribution in [0.15, 0.2) is 18.2 Å². The predicted octanol–water partition coefficient (Wildman–Crippen LogP) is 2.58. The molecule has 0 aromatic heterocycles. The van der Waals surface area contributed by atoms with Crippen LogP contribution in [0.25, 0.3) is 0 Å². The van der Waals surface area contributed by atoms with E-state index in [1.165, 1.54) is 12.1 Å². The van der Waals surface area contributed by atoms with Crippen LogP contribution < -0.4 is 5.32 Å². The van der Waals surface area contributed by atoms with Gasteiger partial charge >= 0.3 is 0 Å². The lowest BCUT2D eigenvalue weighted by molar-refractivity contribution is 0.119. The molecular weight excluding hydrogens is 243 g/mol. The molecule has 0 saturated heterocycles. The highest BCUT2D eigenvalue weighted by atomic mass is 19.1. The van der Waals surface area contributed by atoms with Crippen LogP contribution in [0, 0.1) is 22.6 Å². The SMILES string of the molecule is CC(C)(C)CC(O)CNCc1ccc(F)c(C#N)c1. The number of benzene rings is 1. The molecule has 0 aliphatic carbocycles. The van der Waals surface area contributed by atoms with Crippen molar-refractivity contribution in [1.29, 1.82) is 5.26 Å². The van der Waals surface area contributed by atoms with Crippen LogP contribution in [0.2, 0.25) is 0 Å². The van der Waals surface area contributed by atoms with E-state index in [0.717, 1.165) is 5.56 Å². The first-order chi connectivity index (χ1) is 8.81. The Hall–Kier alpha value is -1.44. The first-order valence-electron chi connectivity index (χ1n) is 6.39. The van der Waals surface area contributed by atoms with E-state index in [9.17, 15) is 9.50 Å². The fourth-order valence-corrected chi connectivity index (χ4v) is 1.93. The van der Waals surface area contributed by atoms with E-state index in [-0.39, 0.29) is 11.0 Å². The highest BCUT2D eigenvalue weighted by molar-refractivity contribution is 5.34. The molecule has 0 heterocycles. The molecule has 1 aromatic rings. The number of nitrogens with zero attached hydrogens (tertiary/aromatic N) is 1. The average molecular weight is 264 g/mol. The predicted molar refractivity (Wildman–Crippen MR) is 72.9 cm³/mol. The van der Waals surface area contributed by atoms with Crippen molar-refractivity contribution in [3.05, 3.63) is 35.1 Å². The molecular formula is C15H21FN2O. The molecule has 0 aliphatic heterocycles. The molecule has 0 saturated carbocycles. The molecule has 3 nitrogen and oxygen atoms in total. The Morgan fingerprint density at radius 1 is 1.42 bits per heavy atom. The number of hydrogen-bond acceptors (Lipinski definition) is 3. The van der Waals surface area contributed by atoms with Crippen molar-refractivity contribution in [2.75, 3.05) is 6.54 Å². The number of nitrogens with one attached hydrogen (secondary N) is 1. The van der Waals surface area contributed by atoms with Gasteiger partial charge in [-0.25, -0.2) is 4.39 Å². The first-order valence-corrected chi connectivity index (χ1v) is 6.39. The molecule has 0 spiro atoms. The van der Waals surface area contributed by atoms with Crippen LogP contribution in [0.5, 0.6) is 0 Å². The summed E-state index contributed by atoms with van der Waals surface area (Å²) in [4.78, 5) is 0. The monoisotopic (exact) mass is 264 g/mol. The Bertz CT molecular complexity index is 460. The van der Waals surface area contributed by atoms with Crippen LogP contribution in [-0.4, -0.2) is 17.8 Å². The normalized spacial score (nSPS) is 13.1. The number of rotatable bonds is 5. The number of nitriles is 1. The molecule has 1 unspecified atom stereocenters. The Morgan fingerprint density at radius 2 is 2.11 bits per heavy atom. The first kappa shape index (κ1) is 15.6. The number of aliphatic hydroxyl groups excluding tert-OH is 1. The van der Waals surface area contributed by atoms with Gasteiger partial charge in [-0.15, -0.1) is 0 Å². The molecule has 0 radical (unpaired) electrons. The van der Waals surface area contributed by atoms with E-state index in [4.69, 9.17) is 5.26 Å². The molecule has 0 aliphatic rings. The van der Waals surface area contributed by atoms with E-state index in [0.29, 0.717) is 19.5 Å². The molecule has 1 rings (SSSR count). The van der Waals surface area contributed by atoms with E-state index >= 15 is 0 Å². The average Bonchev–Trinajstić information content (AvgIpc) is 2.29. The lowest BCUT2D eigenvalue weighted by Crippen LogP contribution is -2.29. The largest absolute Gasteiger partial charge is 0.392 e. The minimum Gasteiger partial charge on any atom is -0.392 e. The Labute approximate surface area is 114 Å². The van der Waals surface area contributed by atoms with Gasteiger partial charge in [-0.3, -0.25) is 0 Å². The molecule has 104 valence electrons. The highest BCUT2D eigenvalue weighted by Gasteiger charge is 2.16. The minimum absolute atomic E-state index is 0.0505. The zero-order valence-corrected chi connectivity index (χ0v) is 11.7. The maximum atomic E-state index is 13.1. The van der Waals surface area contributed by atoms with Crippen molar-refractivity contribution >= 4 is 0 Å². The topological polar surface area (TPSA) is 56.0 Å². The standard InChI is InChI=1S/C15H21FN2O/c1-15(2,3)7-13(19)10-18-9-11-4-5-14(16)12(6-11)8-17/h4-6,13,18-19H,7,9-10H2,1-3H3. The summed E-state index contributed by atoms with van der Waals surface area (Å²) < 4.78 is 13.1. The van der Waals surface area contributed by atoms with Crippen LogP contribution in [0.4, 0.5) is 4.39 Å². The van der Waals surface area contributed by atoms with E-state index in [1.807, 2.05) is 6.07 Å².